The first-order valence-corrected chi connectivity index (χ1v) is 7.49. The Morgan fingerprint density at radius 1 is 1.45 bits per heavy atom. The van der Waals surface area contributed by atoms with Crippen molar-refractivity contribution in [2.75, 3.05) is 12.4 Å². The van der Waals surface area contributed by atoms with Crippen LogP contribution in [0.2, 0.25) is 5.02 Å². The van der Waals surface area contributed by atoms with Crippen molar-refractivity contribution in [2.45, 2.75) is 12.8 Å². The van der Waals surface area contributed by atoms with Crippen LogP contribution in [0, 0.1) is 0 Å². The van der Waals surface area contributed by atoms with Crippen LogP contribution >= 0.6 is 22.9 Å². The van der Waals surface area contributed by atoms with Gasteiger partial charge in [0.05, 0.1) is 29.7 Å². The number of anilines is 1. The molecule has 0 fully saturated rings. The lowest BCUT2D eigenvalue weighted by molar-refractivity contribution is -0.255. The molecule has 0 saturated carbocycles. The van der Waals surface area contributed by atoms with E-state index in [1.165, 1.54) is 12.5 Å². The van der Waals surface area contributed by atoms with Crippen molar-refractivity contribution in [3.05, 3.63) is 39.3 Å². The average Bonchev–Trinajstić information content (AvgIpc) is 2.96. The lowest BCUT2D eigenvalue weighted by atomic mass is 10.1. The van der Waals surface area contributed by atoms with Gasteiger partial charge in [0.1, 0.15) is 10.8 Å². The van der Waals surface area contributed by atoms with Gasteiger partial charge in [0.15, 0.2) is 0 Å². The Bertz CT molecular complexity index is 717. The predicted molar refractivity (Wildman–Crippen MR) is 81.5 cm³/mol. The molecular formula is C14H12ClN2O4S-. The SMILES string of the molecule is COc1ccc(NC(=O)[C@@H](C)c2nc(C(=O)[O-])cs2)cc1Cl. The van der Waals surface area contributed by atoms with Crippen LogP contribution in [-0.2, 0) is 4.79 Å². The Morgan fingerprint density at radius 2 is 2.18 bits per heavy atom. The molecule has 2 aromatic rings. The zero-order valence-corrected chi connectivity index (χ0v) is 13.3. The van der Waals surface area contributed by atoms with Gasteiger partial charge < -0.3 is 20.0 Å². The highest BCUT2D eigenvalue weighted by atomic mass is 35.5. The summed E-state index contributed by atoms with van der Waals surface area (Å²) in [6, 6.07) is 4.86. The van der Waals surface area contributed by atoms with Crippen molar-refractivity contribution >= 4 is 40.5 Å². The van der Waals surface area contributed by atoms with E-state index in [0.29, 0.717) is 21.5 Å². The Kier molecular flexibility index (Phi) is 4.99. The summed E-state index contributed by atoms with van der Waals surface area (Å²) in [6.45, 7) is 1.64. The van der Waals surface area contributed by atoms with Crippen molar-refractivity contribution in [3.8, 4) is 5.75 Å². The van der Waals surface area contributed by atoms with Gasteiger partial charge in [-0.2, -0.15) is 0 Å². The fraction of sp³-hybridized carbons (Fsp3) is 0.214. The summed E-state index contributed by atoms with van der Waals surface area (Å²) in [6.07, 6.45) is 0. The van der Waals surface area contributed by atoms with Gasteiger partial charge in [-0.15, -0.1) is 11.3 Å². The molecule has 8 heteroatoms. The molecule has 1 amide bonds. The molecule has 1 heterocycles. The van der Waals surface area contributed by atoms with Gasteiger partial charge in [0, 0.05) is 11.1 Å². The predicted octanol–water partition coefficient (Wildman–Crippen LogP) is 1.91. The molecule has 1 aromatic carbocycles. The zero-order valence-electron chi connectivity index (χ0n) is 11.8. The number of thiazole rings is 1. The highest BCUT2D eigenvalue weighted by molar-refractivity contribution is 7.10. The van der Waals surface area contributed by atoms with Gasteiger partial charge in [-0.25, -0.2) is 4.98 Å². The van der Waals surface area contributed by atoms with E-state index in [1.54, 1.807) is 25.1 Å². The van der Waals surface area contributed by atoms with E-state index in [0.717, 1.165) is 11.3 Å². The maximum atomic E-state index is 12.2. The number of methoxy groups -OCH3 is 1. The van der Waals surface area contributed by atoms with E-state index in [9.17, 15) is 14.7 Å². The maximum absolute atomic E-state index is 12.2. The first-order chi connectivity index (χ1) is 10.4. The molecule has 116 valence electrons. The number of rotatable bonds is 5. The standard InChI is InChI=1S/C14H13ClN2O4S/c1-7(13-17-10(6-22-13)14(19)20)12(18)16-8-3-4-11(21-2)9(15)5-8/h3-7H,1-2H3,(H,16,18)(H,19,20)/p-1/t7-/m1/s1. The van der Waals surface area contributed by atoms with E-state index >= 15 is 0 Å². The number of hydrogen-bond acceptors (Lipinski definition) is 6. The molecule has 0 aliphatic heterocycles. The highest BCUT2D eigenvalue weighted by Crippen LogP contribution is 2.28. The van der Waals surface area contributed by atoms with E-state index < -0.39 is 11.9 Å². The zero-order chi connectivity index (χ0) is 16.3. The van der Waals surface area contributed by atoms with Crippen LogP contribution in [-0.4, -0.2) is 24.0 Å². The van der Waals surface area contributed by atoms with Crippen LogP contribution in [0.15, 0.2) is 23.6 Å². The number of nitrogens with one attached hydrogen (secondary N) is 1. The monoisotopic (exact) mass is 339 g/mol. The third-order valence-electron chi connectivity index (χ3n) is 2.91. The summed E-state index contributed by atoms with van der Waals surface area (Å²) in [4.78, 5) is 26.7. The van der Waals surface area contributed by atoms with Crippen molar-refractivity contribution in [3.63, 3.8) is 0 Å². The first-order valence-electron chi connectivity index (χ1n) is 6.23. The molecule has 22 heavy (non-hydrogen) atoms. The number of aromatic nitrogens is 1. The fourth-order valence-electron chi connectivity index (χ4n) is 1.69. The second-order valence-electron chi connectivity index (χ2n) is 4.42. The number of carboxylic acid groups (broad SMARTS) is 1. The first kappa shape index (κ1) is 16.3. The summed E-state index contributed by atoms with van der Waals surface area (Å²) in [5, 5.41) is 15.5. The minimum atomic E-state index is -1.36. The molecule has 0 saturated heterocycles. The summed E-state index contributed by atoms with van der Waals surface area (Å²) in [7, 11) is 1.50. The number of hydrogen-bond donors (Lipinski definition) is 1. The van der Waals surface area contributed by atoms with E-state index in [2.05, 4.69) is 10.3 Å². The number of carbonyl (C=O) groups is 2. The van der Waals surface area contributed by atoms with Gasteiger partial charge in [0.25, 0.3) is 0 Å². The van der Waals surface area contributed by atoms with E-state index in [-0.39, 0.29) is 11.6 Å². The summed E-state index contributed by atoms with van der Waals surface area (Å²) >= 11 is 7.08. The Balaban J connectivity index is 2.10. The molecule has 1 atom stereocenters. The van der Waals surface area contributed by atoms with Gasteiger partial charge in [-0.3, -0.25) is 4.79 Å². The molecule has 2 rings (SSSR count). The minimum absolute atomic E-state index is 0.174. The second-order valence-corrected chi connectivity index (χ2v) is 5.72. The number of carbonyl (C=O) groups excluding carboxylic acids is 2. The molecule has 0 radical (unpaired) electrons. The van der Waals surface area contributed by atoms with Crippen molar-refractivity contribution in [1.82, 2.24) is 4.98 Å². The Labute approximate surface area is 135 Å². The Morgan fingerprint density at radius 3 is 2.73 bits per heavy atom. The largest absolute Gasteiger partial charge is 0.543 e. The summed E-state index contributed by atoms with van der Waals surface area (Å²) in [5.41, 5.74) is 0.339. The molecule has 0 spiro atoms. The van der Waals surface area contributed by atoms with Crippen LogP contribution in [0.5, 0.6) is 5.75 Å². The molecule has 1 N–H and O–H groups in total. The third-order valence-corrected chi connectivity index (χ3v) is 4.24. The molecule has 1 aromatic heterocycles. The smallest absolute Gasteiger partial charge is 0.234 e. The summed E-state index contributed by atoms with van der Waals surface area (Å²) in [5.74, 6) is -1.78. The van der Waals surface area contributed by atoms with Crippen LogP contribution in [0.1, 0.15) is 28.3 Å². The van der Waals surface area contributed by atoms with Gasteiger partial charge in [-0.1, -0.05) is 11.6 Å². The normalized spacial score (nSPS) is 11.8. The minimum Gasteiger partial charge on any atom is -0.543 e. The van der Waals surface area contributed by atoms with Crippen LogP contribution in [0.4, 0.5) is 5.69 Å². The Hall–Kier alpha value is -2.12. The fourth-order valence-corrected chi connectivity index (χ4v) is 2.79. The highest BCUT2D eigenvalue weighted by Gasteiger charge is 2.19. The number of aromatic carboxylic acids is 1. The second kappa shape index (κ2) is 6.76. The lowest BCUT2D eigenvalue weighted by Gasteiger charge is -2.11. The number of benzene rings is 1. The van der Waals surface area contributed by atoms with E-state index in [1.807, 2.05) is 0 Å². The van der Waals surface area contributed by atoms with Crippen LogP contribution in [0.25, 0.3) is 0 Å². The number of amides is 1. The van der Waals surface area contributed by atoms with Gasteiger partial charge >= 0.3 is 0 Å². The molecule has 0 bridgehead atoms. The van der Waals surface area contributed by atoms with Gasteiger partial charge in [-0.05, 0) is 25.1 Å². The van der Waals surface area contributed by atoms with E-state index in [4.69, 9.17) is 16.3 Å². The lowest BCUT2D eigenvalue weighted by Crippen LogP contribution is -2.23. The number of nitrogens with zero attached hydrogens (tertiary/aromatic N) is 1. The molecule has 0 aliphatic carbocycles. The van der Waals surface area contributed by atoms with Crippen molar-refractivity contribution in [1.29, 1.82) is 0 Å². The van der Waals surface area contributed by atoms with Crippen LogP contribution in [0.3, 0.4) is 0 Å². The third kappa shape index (κ3) is 3.55. The van der Waals surface area contributed by atoms with Gasteiger partial charge in [0.2, 0.25) is 5.91 Å². The number of ether oxygens (including phenoxy) is 1. The maximum Gasteiger partial charge on any atom is 0.234 e. The van der Waals surface area contributed by atoms with Crippen LogP contribution < -0.4 is 15.2 Å². The topological polar surface area (TPSA) is 91.3 Å². The van der Waals surface area contributed by atoms with Crippen molar-refractivity contribution in [2.24, 2.45) is 0 Å². The summed E-state index contributed by atoms with van der Waals surface area (Å²) < 4.78 is 5.03. The molecular weight excluding hydrogens is 328 g/mol. The number of carboxylic acids is 1. The number of halogens is 1. The molecule has 6 nitrogen and oxygen atoms in total. The van der Waals surface area contributed by atoms with Crippen molar-refractivity contribution < 1.29 is 19.4 Å². The molecule has 0 unspecified atom stereocenters. The quantitative estimate of drug-likeness (QED) is 0.898. The molecule has 0 aliphatic rings. The average molecular weight is 340 g/mol.